The Balaban J connectivity index is 1.51. The number of amides is 4. The first kappa shape index (κ1) is 17.8. The highest BCUT2D eigenvalue weighted by Crippen LogP contribution is 2.36. The Morgan fingerprint density at radius 1 is 1.15 bits per heavy atom. The van der Waals surface area contributed by atoms with Crippen molar-refractivity contribution >= 4 is 23.6 Å². The van der Waals surface area contributed by atoms with E-state index < -0.39 is 23.8 Å². The average molecular weight is 370 g/mol. The lowest BCUT2D eigenvalue weighted by molar-refractivity contribution is -0.136. The van der Waals surface area contributed by atoms with Gasteiger partial charge in [-0.05, 0) is 49.4 Å². The summed E-state index contributed by atoms with van der Waals surface area (Å²) in [5.41, 5.74) is 7.06. The van der Waals surface area contributed by atoms with Crippen molar-refractivity contribution in [3.63, 3.8) is 0 Å². The Morgan fingerprint density at radius 3 is 2.67 bits per heavy atom. The van der Waals surface area contributed by atoms with E-state index in [-0.39, 0.29) is 18.7 Å². The van der Waals surface area contributed by atoms with Gasteiger partial charge in [-0.3, -0.25) is 29.4 Å². The van der Waals surface area contributed by atoms with Crippen LogP contribution in [0, 0.1) is 11.8 Å². The standard InChI is InChI=1S/C19H22N4O4/c20-7-11-6-12(11)9-21-8-10-2-1-3-13-16(10)19(27)23(18(13)26)14-4-5-15(24)22-17(14)25/h1-3,11-12,14,21H,4-9,20H2,(H,22,24,25)/t11-,12-,14?/m0/s1. The summed E-state index contributed by atoms with van der Waals surface area (Å²) in [5, 5.41) is 5.55. The van der Waals surface area contributed by atoms with Crippen LogP contribution >= 0.6 is 0 Å². The van der Waals surface area contributed by atoms with Gasteiger partial charge in [-0.25, -0.2) is 0 Å². The molecule has 8 heteroatoms. The summed E-state index contributed by atoms with van der Waals surface area (Å²) in [5.74, 6) is -0.769. The number of nitrogens with one attached hydrogen (secondary N) is 2. The normalized spacial score (nSPS) is 27.0. The molecule has 4 rings (SSSR count). The van der Waals surface area contributed by atoms with E-state index >= 15 is 0 Å². The Labute approximate surface area is 156 Å². The van der Waals surface area contributed by atoms with Crippen LogP contribution in [0.25, 0.3) is 0 Å². The maximum Gasteiger partial charge on any atom is 0.262 e. The molecule has 142 valence electrons. The molecule has 4 N–H and O–H groups in total. The summed E-state index contributed by atoms with van der Waals surface area (Å²) in [6.45, 7) is 1.99. The van der Waals surface area contributed by atoms with Crippen molar-refractivity contribution in [3.8, 4) is 0 Å². The molecule has 3 aliphatic rings. The van der Waals surface area contributed by atoms with E-state index in [0.29, 0.717) is 36.1 Å². The highest BCUT2D eigenvalue weighted by Gasteiger charge is 2.45. The number of rotatable bonds is 6. The van der Waals surface area contributed by atoms with Gasteiger partial charge >= 0.3 is 0 Å². The number of nitrogens with two attached hydrogens (primary N) is 1. The van der Waals surface area contributed by atoms with E-state index in [1.165, 1.54) is 0 Å². The maximum absolute atomic E-state index is 13.0. The molecule has 0 aromatic heterocycles. The number of hydrogen-bond acceptors (Lipinski definition) is 6. The molecule has 3 atom stereocenters. The molecule has 0 bridgehead atoms. The van der Waals surface area contributed by atoms with Crippen molar-refractivity contribution in [1.29, 1.82) is 0 Å². The average Bonchev–Trinajstić information content (AvgIpc) is 3.36. The van der Waals surface area contributed by atoms with Crippen LogP contribution in [-0.2, 0) is 16.1 Å². The van der Waals surface area contributed by atoms with Gasteiger partial charge in [0, 0.05) is 13.0 Å². The molecule has 2 heterocycles. The van der Waals surface area contributed by atoms with Crippen LogP contribution in [0.2, 0.25) is 0 Å². The summed E-state index contributed by atoms with van der Waals surface area (Å²) in [7, 11) is 0. The molecule has 4 amide bonds. The van der Waals surface area contributed by atoms with Gasteiger partial charge < -0.3 is 11.1 Å². The van der Waals surface area contributed by atoms with Crippen LogP contribution in [0.5, 0.6) is 0 Å². The van der Waals surface area contributed by atoms with E-state index in [1.54, 1.807) is 12.1 Å². The van der Waals surface area contributed by atoms with E-state index in [9.17, 15) is 19.2 Å². The maximum atomic E-state index is 13.0. The third-order valence-electron chi connectivity index (χ3n) is 5.65. The van der Waals surface area contributed by atoms with Gasteiger partial charge in [-0.15, -0.1) is 0 Å². The molecule has 27 heavy (non-hydrogen) atoms. The minimum Gasteiger partial charge on any atom is -0.330 e. The number of imide groups is 2. The molecular weight excluding hydrogens is 348 g/mol. The van der Waals surface area contributed by atoms with Crippen LogP contribution in [-0.4, -0.2) is 47.7 Å². The third-order valence-corrected chi connectivity index (χ3v) is 5.65. The fourth-order valence-electron chi connectivity index (χ4n) is 3.97. The second kappa shape index (κ2) is 6.86. The molecule has 0 spiro atoms. The first-order chi connectivity index (χ1) is 13.0. The van der Waals surface area contributed by atoms with Gasteiger partial charge in [0.25, 0.3) is 11.8 Å². The Bertz CT molecular complexity index is 837. The van der Waals surface area contributed by atoms with E-state index in [4.69, 9.17) is 5.73 Å². The molecule has 1 unspecified atom stereocenters. The van der Waals surface area contributed by atoms with Crippen molar-refractivity contribution in [2.75, 3.05) is 13.1 Å². The predicted molar refractivity (Wildman–Crippen MR) is 95.5 cm³/mol. The van der Waals surface area contributed by atoms with Gasteiger partial charge in [-0.2, -0.15) is 0 Å². The molecule has 1 saturated carbocycles. The van der Waals surface area contributed by atoms with Gasteiger partial charge in [0.2, 0.25) is 11.8 Å². The van der Waals surface area contributed by atoms with Crippen LogP contribution < -0.4 is 16.4 Å². The number of carbonyl (C=O) groups excluding carboxylic acids is 4. The highest BCUT2D eigenvalue weighted by molar-refractivity contribution is 6.24. The van der Waals surface area contributed by atoms with Gasteiger partial charge in [0.05, 0.1) is 11.1 Å². The monoisotopic (exact) mass is 370 g/mol. The lowest BCUT2D eigenvalue weighted by atomic mass is 10.0. The lowest BCUT2D eigenvalue weighted by Crippen LogP contribution is -2.54. The minimum atomic E-state index is -0.937. The molecule has 1 aromatic carbocycles. The first-order valence-electron chi connectivity index (χ1n) is 9.25. The summed E-state index contributed by atoms with van der Waals surface area (Å²) < 4.78 is 0. The quantitative estimate of drug-likeness (QED) is 0.595. The van der Waals surface area contributed by atoms with Crippen molar-refractivity contribution < 1.29 is 19.2 Å². The number of benzene rings is 1. The number of piperidine rings is 1. The van der Waals surface area contributed by atoms with Crippen LogP contribution in [0.4, 0.5) is 0 Å². The SMILES string of the molecule is NC[C@@H]1C[C@H]1CNCc1cccc2c1C(=O)N(C1CCC(=O)NC1=O)C2=O. The smallest absolute Gasteiger partial charge is 0.262 e. The number of carbonyl (C=O) groups is 4. The van der Waals surface area contributed by atoms with Crippen LogP contribution in [0.3, 0.4) is 0 Å². The zero-order valence-electron chi connectivity index (χ0n) is 14.9. The molecule has 2 aliphatic heterocycles. The van der Waals surface area contributed by atoms with E-state index in [1.807, 2.05) is 6.07 Å². The predicted octanol–water partition coefficient (Wildman–Crippen LogP) is -0.228. The van der Waals surface area contributed by atoms with E-state index in [0.717, 1.165) is 23.4 Å². The lowest BCUT2D eigenvalue weighted by Gasteiger charge is -2.27. The van der Waals surface area contributed by atoms with Crippen LogP contribution in [0.1, 0.15) is 45.5 Å². The fraction of sp³-hybridized carbons (Fsp3) is 0.474. The summed E-state index contributed by atoms with van der Waals surface area (Å²) in [4.78, 5) is 50.2. The summed E-state index contributed by atoms with van der Waals surface area (Å²) in [6.07, 6.45) is 1.39. The second-order valence-electron chi connectivity index (χ2n) is 7.41. The molecule has 0 radical (unpaired) electrons. The van der Waals surface area contributed by atoms with E-state index in [2.05, 4.69) is 10.6 Å². The van der Waals surface area contributed by atoms with Crippen LogP contribution in [0.15, 0.2) is 18.2 Å². The molecule has 1 aliphatic carbocycles. The van der Waals surface area contributed by atoms with Crippen molar-refractivity contribution in [3.05, 3.63) is 34.9 Å². The molecule has 8 nitrogen and oxygen atoms in total. The Hall–Kier alpha value is -2.58. The summed E-state index contributed by atoms with van der Waals surface area (Å²) >= 11 is 0. The topological polar surface area (TPSA) is 122 Å². The Morgan fingerprint density at radius 2 is 1.96 bits per heavy atom. The minimum absolute atomic E-state index is 0.113. The molecule has 2 fully saturated rings. The van der Waals surface area contributed by atoms with Gasteiger partial charge in [-0.1, -0.05) is 12.1 Å². The highest BCUT2D eigenvalue weighted by atomic mass is 16.2. The van der Waals surface area contributed by atoms with Gasteiger partial charge in [0.1, 0.15) is 6.04 Å². The van der Waals surface area contributed by atoms with Crippen molar-refractivity contribution in [2.45, 2.75) is 31.8 Å². The number of hydrogen-bond donors (Lipinski definition) is 3. The first-order valence-corrected chi connectivity index (χ1v) is 9.25. The largest absolute Gasteiger partial charge is 0.330 e. The van der Waals surface area contributed by atoms with Crippen molar-refractivity contribution in [2.24, 2.45) is 17.6 Å². The number of fused-ring (bicyclic) bond motifs is 1. The molecular formula is C19H22N4O4. The zero-order valence-corrected chi connectivity index (χ0v) is 14.9. The third kappa shape index (κ3) is 3.15. The Kier molecular flexibility index (Phi) is 4.53. The van der Waals surface area contributed by atoms with Crippen molar-refractivity contribution in [1.82, 2.24) is 15.5 Å². The second-order valence-corrected chi connectivity index (χ2v) is 7.41. The molecule has 1 aromatic rings. The zero-order chi connectivity index (χ0) is 19.1. The summed E-state index contributed by atoms with van der Waals surface area (Å²) in [6, 6.07) is 4.23. The van der Waals surface area contributed by atoms with Gasteiger partial charge in [0.15, 0.2) is 0 Å². The fourth-order valence-corrected chi connectivity index (χ4v) is 3.97. The molecule has 1 saturated heterocycles. The number of nitrogens with zero attached hydrogens (tertiary/aromatic N) is 1.